The maximum atomic E-state index is 5.90. The van der Waals surface area contributed by atoms with Crippen molar-refractivity contribution in [1.29, 1.82) is 0 Å². The lowest BCUT2D eigenvalue weighted by molar-refractivity contribution is 0.00299. The SMILES string of the molecule is CCCOc1cc(N)cc(NC2CC(OCC)C2)c1. The maximum absolute atomic E-state index is 5.90. The minimum absolute atomic E-state index is 0.416. The summed E-state index contributed by atoms with van der Waals surface area (Å²) in [4.78, 5) is 0. The molecule has 0 radical (unpaired) electrons. The van der Waals surface area contributed by atoms with E-state index in [1.54, 1.807) is 0 Å². The highest BCUT2D eigenvalue weighted by Gasteiger charge is 2.29. The molecule has 3 N–H and O–H groups in total. The van der Waals surface area contributed by atoms with Crippen LogP contribution in [-0.4, -0.2) is 25.4 Å². The Labute approximate surface area is 115 Å². The van der Waals surface area contributed by atoms with Crippen molar-refractivity contribution in [3.05, 3.63) is 18.2 Å². The third-order valence-electron chi connectivity index (χ3n) is 3.27. The van der Waals surface area contributed by atoms with Crippen LogP contribution in [0.4, 0.5) is 11.4 Å². The molecule has 1 fully saturated rings. The number of hydrogen-bond acceptors (Lipinski definition) is 4. The molecule has 0 amide bonds. The summed E-state index contributed by atoms with van der Waals surface area (Å²) < 4.78 is 11.2. The van der Waals surface area contributed by atoms with Crippen LogP contribution in [0.1, 0.15) is 33.1 Å². The zero-order valence-corrected chi connectivity index (χ0v) is 11.8. The molecule has 0 aliphatic heterocycles. The summed E-state index contributed by atoms with van der Waals surface area (Å²) in [5.41, 5.74) is 7.66. The lowest BCUT2D eigenvalue weighted by Gasteiger charge is -2.36. The first kappa shape index (κ1) is 14.0. The maximum Gasteiger partial charge on any atom is 0.123 e. The summed E-state index contributed by atoms with van der Waals surface area (Å²) >= 11 is 0. The second-order valence-electron chi connectivity index (χ2n) is 5.03. The number of nitrogens with one attached hydrogen (secondary N) is 1. The van der Waals surface area contributed by atoms with Gasteiger partial charge in [-0.1, -0.05) is 6.92 Å². The molecule has 1 aromatic carbocycles. The lowest BCUT2D eigenvalue weighted by Crippen LogP contribution is -2.40. The van der Waals surface area contributed by atoms with Gasteiger partial charge in [-0.2, -0.15) is 0 Å². The minimum atomic E-state index is 0.416. The zero-order valence-electron chi connectivity index (χ0n) is 11.8. The Morgan fingerprint density at radius 3 is 2.74 bits per heavy atom. The molecular weight excluding hydrogens is 240 g/mol. The van der Waals surface area contributed by atoms with Crippen molar-refractivity contribution in [2.45, 2.75) is 45.3 Å². The second-order valence-corrected chi connectivity index (χ2v) is 5.03. The largest absolute Gasteiger partial charge is 0.493 e. The second kappa shape index (κ2) is 6.66. The first-order valence-corrected chi connectivity index (χ1v) is 7.12. The van der Waals surface area contributed by atoms with Crippen molar-refractivity contribution in [2.24, 2.45) is 0 Å². The predicted molar refractivity (Wildman–Crippen MR) is 78.7 cm³/mol. The molecule has 2 rings (SSSR count). The van der Waals surface area contributed by atoms with Crippen LogP contribution in [0.5, 0.6) is 5.75 Å². The quantitative estimate of drug-likeness (QED) is 0.743. The summed E-state index contributed by atoms with van der Waals surface area (Å²) in [6, 6.07) is 6.31. The Morgan fingerprint density at radius 1 is 1.26 bits per heavy atom. The molecule has 19 heavy (non-hydrogen) atoms. The molecule has 4 heteroatoms. The third-order valence-corrected chi connectivity index (χ3v) is 3.27. The van der Waals surface area contributed by atoms with Crippen LogP contribution < -0.4 is 15.8 Å². The summed E-state index contributed by atoms with van der Waals surface area (Å²) in [5, 5.41) is 3.48. The van der Waals surface area contributed by atoms with Crippen molar-refractivity contribution >= 4 is 11.4 Å². The smallest absolute Gasteiger partial charge is 0.123 e. The van der Waals surface area contributed by atoms with Crippen molar-refractivity contribution in [3.63, 3.8) is 0 Å². The summed E-state index contributed by atoms with van der Waals surface area (Å²) in [7, 11) is 0. The van der Waals surface area contributed by atoms with Gasteiger partial charge in [0.15, 0.2) is 0 Å². The monoisotopic (exact) mass is 264 g/mol. The fourth-order valence-corrected chi connectivity index (χ4v) is 2.30. The van der Waals surface area contributed by atoms with E-state index in [0.29, 0.717) is 12.1 Å². The van der Waals surface area contributed by atoms with Crippen molar-refractivity contribution in [1.82, 2.24) is 0 Å². The average Bonchev–Trinajstić information content (AvgIpc) is 2.33. The number of benzene rings is 1. The fraction of sp³-hybridized carbons (Fsp3) is 0.600. The number of anilines is 2. The van der Waals surface area contributed by atoms with Crippen LogP contribution in [0.3, 0.4) is 0 Å². The molecule has 1 aliphatic rings. The molecule has 1 aliphatic carbocycles. The Hall–Kier alpha value is -1.42. The minimum Gasteiger partial charge on any atom is -0.493 e. The van der Waals surface area contributed by atoms with E-state index in [9.17, 15) is 0 Å². The van der Waals surface area contributed by atoms with E-state index >= 15 is 0 Å². The molecule has 0 aromatic heterocycles. The van der Waals surface area contributed by atoms with Crippen LogP contribution in [0.15, 0.2) is 18.2 Å². The Kier molecular flexibility index (Phi) is 4.91. The Bertz CT molecular complexity index is 403. The van der Waals surface area contributed by atoms with E-state index in [0.717, 1.165) is 49.6 Å². The molecule has 1 aromatic rings. The van der Waals surface area contributed by atoms with E-state index in [-0.39, 0.29) is 0 Å². The van der Waals surface area contributed by atoms with Crippen LogP contribution >= 0.6 is 0 Å². The first-order valence-electron chi connectivity index (χ1n) is 7.12. The van der Waals surface area contributed by atoms with Crippen molar-refractivity contribution in [2.75, 3.05) is 24.3 Å². The van der Waals surface area contributed by atoms with Gasteiger partial charge in [0.1, 0.15) is 5.75 Å². The normalized spacial score (nSPS) is 21.8. The number of nitrogen functional groups attached to an aromatic ring is 1. The third kappa shape index (κ3) is 4.03. The van der Waals surface area contributed by atoms with Crippen LogP contribution in [0.2, 0.25) is 0 Å². The van der Waals surface area contributed by atoms with Gasteiger partial charge < -0.3 is 20.5 Å². The number of nitrogens with two attached hydrogens (primary N) is 1. The average molecular weight is 264 g/mol. The molecule has 0 spiro atoms. The summed E-state index contributed by atoms with van der Waals surface area (Å²) in [5.74, 6) is 0.838. The topological polar surface area (TPSA) is 56.5 Å². The van der Waals surface area contributed by atoms with Gasteiger partial charge in [0, 0.05) is 36.2 Å². The first-order chi connectivity index (χ1) is 9.21. The zero-order chi connectivity index (χ0) is 13.7. The number of ether oxygens (including phenoxy) is 2. The van der Waals surface area contributed by atoms with Gasteiger partial charge in [-0.15, -0.1) is 0 Å². The van der Waals surface area contributed by atoms with Gasteiger partial charge >= 0.3 is 0 Å². The lowest BCUT2D eigenvalue weighted by atomic mass is 9.89. The van der Waals surface area contributed by atoms with E-state index in [2.05, 4.69) is 12.2 Å². The van der Waals surface area contributed by atoms with Crippen molar-refractivity contribution in [3.8, 4) is 5.75 Å². The summed E-state index contributed by atoms with van der Waals surface area (Å²) in [6.45, 7) is 5.65. The molecule has 1 saturated carbocycles. The number of rotatable bonds is 7. The highest BCUT2D eigenvalue weighted by molar-refractivity contribution is 5.59. The molecule has 0 atom stereocenters. The number of hydrogen-bond donors (Lipinski definition) is 2. The standard InChI is InChI=1S/C15H24N2O2/c1-3-5-19-14-7-11(16)6-12(8-14)17-13-9-15(10-13)18-4-2/h6-8,13,15,17H,3-5,9-10,16H2,1-2H3. The van der Waals surface area contributed by atoms with Gasteiger partial charge in [0.05, 0.1) is 12.7 Å². The molecule has 0 saturated heterocycles. The molecule has 0 unspecified atom stereocenters. The molecular formula is C15H24N2O2. The molecule has 4 nitrogen and oxygen atoms in total. The van der Waals surface area contributed by atoms with Gasteiger partial charge in [-0.25, -0.2) is 0 Å². The fourth-order valence-electron chi connectivity index (χ4n) is 2.30. The van der Waals surface area contributed by atoms with E-state index in [1.165, 1.54) is 0 Å². The summed E-state index contributed by atoms with van der Waals surface area (Å²) in [6.07, 6.45) is 3.54. The van der Waals surface area contributed by atoms with Gasteiger partial charge in [0.2, 0.25) is 0 Å². The van der Waals surface area contributed by atoms with Crippen molar-refractivity contribution < 1.29 is 9.47 Å². The van der Waals surface area contributed by atoms with Crippen LogP contribution in [0.25, 0.3) is 0 Å². The highest BCUT2D eigenvalue weighted by atomic mass is 16.5. The van der Waals surface area contributed by atoms with Gasteiger partial charge in [-0.3, -0.25) is 0 Å². The van der Waals surface area contributed by atoms with Gasteiger partial charge in [-0.05, 0) is 32.3 Å². The van der Waals surface area contributed by atoms with Crippen LogP contribution in [0, 0.1) is 0 Å². The molecule has 0 bridgehead atoms. The van der Waals surface area contributed by atoms with E-state index < -0.39 is 0 Å². The van der Waals surface area contributed by atoms with Gasteiger partial charge in [0.25, 0.3) is 0 Å². The Morgan fingerprint density at radius 2 is 2.05 bits per heavy atom. The van der Waals surface area contributed by atoms with E-state index in [1.807, 2.05) is 25.1 Å². The highest BCUT2D eigenvalue weighted by Crippen LogP contribution is 2.29. The predicted octanol–water partition coefficient (Wildman–Crippen LogP) is 3.04. The van der Waals surface area contributed by atoms with E-state index in [4.69, 9.17) is 15.2 Å². The molecule has 106 valence electrons. The van der Waals surface area contributed by atoms with Crippen LogP contribution in [-0.2, 0) is 4.74 Å². The molecule has 0 heterocycles. The Balaban J connectivity index is 1.88.